The standard InChI is InChI=1S/C39H45FN4O12Si/c1-20-35(57(2,3)40)29(16-30(46)42-18-23-9-5-4-8-22(23)14-26(42)19-45)56-39(20)27-15-25(44(53)54)11-12-28(27)43(38(39)52)17-21-7-6-10-24(13-21)41-36(50)34-32(48)31(47)33(49)37(51)55-34/h4-13,15,20,26,29,31-35,37,45,47-49,51H,14,16-19H2,1-3H3,(H,41,50)/t20-,26-,29+,31-,32-,33+,34-,35-,37+,39+/m0/s1. The van der Waals surface area contributed by atoms with Gasteiger partial charge in [0, 0.05) is 41.4 Å². The van der Waals surface area contributed by atoms with Gasteiger partial charge in [-0.05, 0) is 54.4 Å². The molecule has 0 bridgehead atoms. The Kier molecular flexibility index (Phi) is 10.8. The number of benzene rings is 3. The van der Waals surface area contributed by atoms with E-state index in [1.807, 2.05) is 24.3 Å². The molecule has 304 valence electrons. The van der Waals surface area contributed by atoms with Gasteiger partial charge in [-0.3, -0.25) is 24.5 Å². The highest BCUT2D eigenvalue weighted by molar-refractivity contribution is 6.72. The molecule has 18 heteroatoms. The highest BCUT2D eigenvalue weighted by Gasteiger charge is 2.67. The van der Waals surface area contributed by atoms with Crippen LogP contribution in [0.5, 0.6) is 0 Å². The number of rotatable bonds is 9. The topological polar surface area (TPSA) is 232 Å². The predicted molar refractivity (Wildman–Crippen MR) is 203 cm³/mol. The number of non-ortho nitro benzene ring substituents is 1. The third kappa shape index (κ3) is 7.14. The molecule has 3 aromatic carbocycles. The zero-order valence-corrected chi connectivity index (χ0v) is 32.4. The van der Waals surface area contributed by atoms with Crippen LogP contribution in [0.25, 0.3) is 0 Å². The van der Waals surface area contributed by atoms with E-state index in [4.69, 9.17) is 9.47 Å². The Hall–Kier alpha value is -4.66. The van der Waals surface area contributed by atoms with Crippen LogP contribution in [0.2, 0.25) is 18.6 Å². The normalized spacial score (nSPS) is 31.0. The van der Waals surface area contributed by atoms with Crippen molar-refractivity contribution in [3.63, 3.8) is 0 Å². The molecule has 57 heavy (non-hydrogen) atoms. The molecule has 10 atom stereocenters. The summed E-state index contributed by atoms with van der Waals surface area (Å²) in [6, 6.07) is 17.3. The van der Waals surface area contributed by atoms with Crippen LogP contribution >= 0.6 is 0 Å². The quantitative estimate of drug-likeness (QED) is 0.0789. The minimum Gasteiger partial charge on any atom is -0.394 e. The molecule has 4 aliphatic rings. The number of nitro benzene ring substituents is 1. The molecule has 0 saturated carbocycles. The van der Waals surface area contributed by atoms with E-state index in [1.165, 1.54) is 48.3 Å². The summed E-state index contributed by atoms with van der Waals surface area (Å²) in [4.78, 5) is 56.5. The molecule has 0 unspecified atom stereocenters. The Morgan fingerprint density at radius 3 is 2.42 bits per heavy atom. The average molecular weight is 809 g/mol. The molecule has 6 N–H and O–H groups in total. The molecule has 2 fully saturated rings. The first-order chi connectivity index (χ1) is 27.0. The molecule has 3 amide bonds. The molecule has 4 aliphatic heterocycles. The Balaban J connectivity index is 1.19. The number of halogens is 1. The SMILES string of the molecule is C[C@H]1[C@H]([Si](C)(C)F)[C@@H](CC(=O)N2Cc3ccccc3C[C@H]2CO)O[C@]12C(=O)N(Cc1cccc(NC(=O)[C@H]3O[C@@H](O)[C@H](O)[C@@H](O)[C@@H]3O)c1)c1ccc([N+](=O)[O-])cc12. The number of fused-ring (bicyclic) bond motifs is 3. The van der Waals surface area contributed by atoms with E-state index in [-0.39, 0.29) is 54.7 Å². The van der Waals surface area contributed by atoms with E-state index < -0.39 is 85.1 Å². The minimum absolute atomic E-state index is 0.132. The van der Waals surface area contributed by atoms with E-state index in [9.17, 15) is 50.0 Å². The van der Waals surface area contributed by atoms with Gasteiger partial charge >= 0.3 is 0 Å². The summed E-state index contributed by atoms with van der Waals surface area (Å²) in [5.74, 6) is -2.80. The maximum Gasteiger partial charge on any atom is 0.269 e. The Bertz CT molecular complexity index is 2090. The Morgan fingerprint density at radius 1 is 1.02 bits per heavy atom. The van der Waals surface area contributed by atoms with Crippen molar-refractivity contribution in [2.45, 2.75) is 99.9 Å². The van der Waals surface area contributed by atoms with Gasteiger partial charge in [0.15, 0.2) is 18.0 Å². The third-order valence-electron chi connectivity index (χ3n) is 11.8. The first-order valence-corrected chi connectivity index (χ1v) is 21.6. The largest absolute Gasteiger partial charge is 0.394 e. The molecule has 0 aliphatic carbocycles. The van der Waals surface area contributed by atoms with Gasteiger partial charge in [0.2, 0.25) is 14.3 Å². The lowest BCUT2D eigenvalue weighted by molar-refractivity contribution is -0.385. The number of amides is 3. The van der Waals surface area contributed by atoms with Crippen LogP contribution in [0.4, 0.5) is 21.2 Å². The van der Waals surface area contributed by atoms with Crippen LogP contribution in [0.15, 0.2) is 66.7 Å². The fraction of sp³-hybridized carbons (Fsp3) is 0.462. The van der Waals surface area contributed by atoms with E-state index in [0.29, 0.717) is 12.0 Å². The van der Waals surface area contributed by atoms with Crippen molar-refractivity contribution >= 4 is 43.2 Å². The van der Waals surface area contributed by atoms with Crippen molar-refractivity contribution < 1.29 is 58.4 Å². The summed E-state index contributed by atoms with van der Waals surface area (Å²) in [5.41, 5.74) is -0.0648. The molecule has 3 aromatic rings. The zero-order chi connectivity index (χ0) is 41.1. The maximum absolute atomic E-state index is 16.5. The van der Waals surface area contributed by atoms with Gasteiger partial charge in [-0.25, -0.2) is 0 Å². The smallest absolute Gasteiger partial charge is 0.269 e. The Labute approximate surface area is 327 Å². The van der Waals surface area contributed by atoms with Crippen molar-refractivity contribution in [2.75, 3.05) is 16.8 Å². The predicted octanol–water partition coefficient (Wildman–Crippen LogP) is 1.99. The van der Waals surface area contributed by atoms with Gasteiger partial charge in [0.25, 0.3) is 17.5 Å². The summed E-state index contributed by atoms with van der Waals surface area (Å²) in [6.07, 6.45) is -10.2. The molecule has 0 aromatic heterocycles. The molecule has 2 saturated heterocycles. The number of nitro groups is 1. The number of ether oxygens (including phenoxy) is 2. The van der Waals surface area contributed by atoms with Crippen LogP contribution in [-0.2, 0) is 49.0 Å². The van der Waals surface area contributed by atoms with Crippen LogP contribution in [0.3, 0.4) is 0 Å². The summed E-state index contributed by atoms with van der Waals surface area (Å²) in [5, 5.41) is 64.9. The van der Waals surface area contributed by atoms with Crippen molar-refractivity contribution in [3.8, 4) is 0 Å². The second-order valence-electron chi connectivity index (χ2n) is 15.8. The molecule has 7 rings (SSSR count). The lowest BCUT2D eigenvalue weighted by Gasteiger charge is -2.37. The number of nitrogens with one attached hydrogen (secondary N) is 1. The Morgan fingerprint density at radius 2 is 1.74 bits per heavy atom. The van der Waals surface area contributed by atoms with Gasteiger partial charge < -0.3 is 54.2 Å². The maximum atomic E-state index is 16.5. The molecule has 1 spiro atoms. The first-order valence-electron chi connectivity index (χ1n) is 18.7. The van der Waals surface area contributed by atoms with Gasteiger partial charge in [-0.15, -0.1) is 0 Å². The number of nitrogens with zero attached hydrogens (tertiary/aromatic N) is 3. The summed E-state index contributed by atoms with van der Waals surface area (Å²) in [7, 11) is -3.74. The summed E-state index contributed by atoms with van der Waals surface area (Å²) >= 11 is 0. The number of carbonyl (C=O) groups is 3. The van der Waals surface area contributed by atoms with Crippen LogP contribution in [0, 0.1) is 16.0 Å². The molecular formula is C39H45FN4O12Si. The number of aliphatic hydroxyl groups excluding tert-OH is 5. The third-order valence-corrected chi connectivity index (χ3v) is 14.3. The van der Waals surface area contributed by atoms with Crippen molar-refractivity contribution in [2.24, 2.45) is 5.92 Å². The van der Waals surface area contributed by atoms with Crippen LogP contribution in [0.1, 0.15) is 35.6 Å². The van der Waals surface area contributed by atoms with E-state index in [0.717, 1.165) is 11.1 Å². The minimum atomic E-state index is -3.74. The number of hydrogen-bond acceptors (Lipinski definition) is 12. The van der Waals surface area contributed by atoms with E-state index >= 15 is 4.11 Å². The van der Waals surface area contributed by atoms with E-state index in [1.54, 1.807) is 24.0 Å². The highest BCUT2D eigenvalue weighted by Crippen LogP contribution is 2.61. The van der Waals surface area contributed by atoms with Crippen molar-refractivity contribution in [1.82, 2.24) is 4.90 Å². The van der Waals surface area contributed by atoms with Crippen LogP contribution in [-0.4, -0.2) is 111 Å². The fourth-order valence-corrected chi connectivity index (χ4v) is 11.6. The van der Waals surface area contributed by atoms with Gasteiger partial charge in [-0.1, -0.05) is 43.3 Å². The summed E-state index contributed by atoms with van der Waals surface area (Å²) < 4.78 is 28.3. The summed E-state index contributed by atoms with van der Waals surface area (Å²) in [6.45, 7) is 4.44. The van der Waals surface area contributed by atoms with Crippen molar-refractivity contribution in [3.05, 3.63) is 99.1 Å². The molecular weight excluding hydrogens is 764 g/mol. The van der Waals surface area contributed by atoms with E-state index in [2.05, 4.69) is 5.32 Å². The average Bonchev–Trinajstić information content (AvgIpc) is 3.60. The zero-order valence-electron chi connectivity index (χ0n) is 31.4. The molecule has 0 radical (unpaired) electrons. The number of carbonyl (C=O) groups excluding carboxylic acids is 3. The second-order valence-corrected chi connectivity index (χ2v) is 19.6. The van der Waals surface area contributed by atoms with Crippen LogP contribution < -0.4 is 10.2 Å². The number of anilines is 2. The first kappa shape index (κ1) is 40.5. The van der Waals surface area contributed by atoms with Gasteiger partial charge in [0.1, 0.15) is 18.3 Å². The molecule has 16 nitrogen and oxygen atoms in total. The molecule has 4 heterocycles. The van der Waals surface area contributed by atoms with Crippen molar-refractivity contribution in [1.29, 1.82) is 0 Å². The number of hydrogen-bond donors (Lipinski definition) is 6. The highest BCUT2D eigenvalue weighted by atomic mass is 28.4. The van der Waals surface area contributed by atoms with Gasteiger partial charge in [0.05, 0.1) is 42.3 Å². The number of aliphatic hydroxyl groups is 5. The second kappa shape index (κ2) is 15.3. The lowest BCUT2D eigenvalue weighted by atomic mass is 9.82. The monoisotopic (exact) mass is 808 g/mol. The lowest BCUT2D eigenvalue weighted by Crippen LogP contribution is -2.60. The fourth-order valence-electron chi connectivity index (χ4n) is 9.06. The van der Waals surface area contributed by atoms with Gasteiger partial charge in [-0.2, -0.15) is 0 Å².